The zero-order valence-corrected chi connectivity index (χ0v) is 23.6. The third-order valence-electron chi connectivity index (χ3n) is 7.33. The lowest BCUT2D eigenvalue weighted by atomic mass is 9.96. The summed E-state index contributed by atoms with van der Waals surface area (Å²) < 4.78 is 15.9. The van der Waals surface area contributed by atoms with Crippen LogP contribution in [0.2, 0.25) is 5.02 Å². The molecule has 1 aliphatic rings. The summed E-state index contributed by atoms with van der Waals surface area (Å²) in [6.45, 7) is 11.0. The molecule has 3 aromatic heterocycles. The second-order valence-electron chi connectivity index (χ2n) is 11.5. The van der Waals surface area contributed by atoms with Crippen molar-refractivity contribution in [3.8, 4) is 6.07 Å². The Morgan fingerprint density at radius 3 is 2.67 bits per heavy atom. The fraction of sp³-hybridized carbons (Fsp3) is 0.414. The van der Waals surface area contributed by atoms with Crippen LogP contribution in [-0.2, 0) is 5.54 Å². The van der Waals surface area contributed by atoms with E-state index < -0.39 is 12.0 Å². The van der Waals surface area contributed by atoms with Crippen LogP contribution >= 0.6 is 11.6 Å². The number of hydrogen-bond acceptors (Lipinski definition) is 7. The van der Waals surface area contributed by atoms with E-state index in [0.29, 0.717) is 45.4 Å². The van der Waals surface area contributed by atoms with Crippen molar-refractivity contribution < 1.29 is 4.39 Å². The monoisotopic (exact) mass is 546 g/mol. The molecule has 1 saturated carbocycles. The van der Waals surface area contributed by atoms with Gasteiger partial charge in [-0.15, -0.1) is 5.10 Å². The molecule has 2 N–H and O–H groups in total. The van der Waals surface area contributed by atoms with Gasteiger partial charge in [-0.25, -0.2) is 9.67 Å². The number of rotatable bonds is 8. The maximum absolute atomic E-state index is 13.9. The quantitative estimate of drug-likeness (QED) is 0.235. The Bertz CT molecular complexity index is 1580. The number of halogens is 2. The van der Waals surface area contributed by atoms with Gasteiger partial charge in [0.15, 0.2) is 0 Å². The van der Waals surface area contributed by atoms with Gasteiger partial charge in [0, 0.05) is 35.1 Å². The fourth-order valence-electron chi connectivity index (χ4n) is 4.83. The summed E-state index contributed by atoms with van der Waals surface area (Å²) >= 11 is 6.73. The number of hydrogen-bond donors (Lipinski definition) is 2. The first-order valence-corrected chi connectivity index (χ1v) is 13.5. The first-order valence-electron chi connectivity index (χ1n) is 13.1. The molecule has 0 saturated heterocycles. The molecule has 0 amide bonds. The highest BCUT2D eigenvalue weighted by atomic mass is 35.5. The zero-order valence-electron chi connectivity index (χ0n) is 22.8. The summed E-state index contributed by atoms with van der Waals surface area (Å²) in [5.41, 5.74) is 4.44. The second-order valence-corrected chi connectivity index (χ2v) is 11.9. The van der Waals surface area contributed by atoms with Gasteiger partial charge in [0.25, 0.3) is 0 Å². The molecular formula is C29H32ClFN8. The minimum Gasteiger partial charge on any atom is -0.383 e. The Kier molecular flexibility index (Phi) is 6.93. The number of anilines is 2. The Hall–Kier alpha value is -3.77. The van der Waals surface area contributed by atoms with Crippen LogP contribution < -0.4 is 10.6 Å². The van der Waals surface area contributed by atoms with Crippen molar-refractivity contribution in [3.05, 3.63) is 70.1 Å². The molecule has 0 aliphatic heterocycles. The Morgan fingerprint density at radius 1 is 1.26 bits per heavy atom. The third kappa shape index (κ3) is 5.39. The highest BCUT2D eigenvalue weighted by Crippen LogP contribution is 2.46. The number of aryl methyl sites for hydroxylation is 1. The lowest BCUT2D eigenvalue weighted by Crippen LogP contribution is -2.20. The molecule has 0 spiro atoms. The van der Waals surface area contributed by atoms with Gasteiger partial charge >= 0.3 is 0 Å². The lowest BCUT2D eigenvalue weighted by Gasteiger charge is -2.23. The smallest absolute Gasteiger partial charge is 0.213 e. The number of fused-ring (bicyclic) bond motifs is 1. The van der Waals surface area contributed by atoms with Crippen LogP contribution in [-0.4, -0.2) is 31.5 Å². The summed E-state index contributed by atoms with van der Waals surface area (Å²) in [4.78, 5) is 8.52. The van der Waals surface area contributed by atoms with Crippen molar-refractivity contribution in [2.24, 2.45) is 5.41 Å². The summed E-state index contributed by atoms with van der Waals surface area (Å²) in [5.74, 6) is -0.542. The van der Waals surface area contributed by atoms with Gasteiger partial charge in [-0.1, -0.05) is 50.6 Å². The summed E-state index contributed by atoms with van der Waals surface area (Å²) in [7, 11) is 0. The summed E-state index contributed by atoms with van der Waals surface area (Å²) in [6, 6.07) is 8.57. The molecule has 5 rings (SSSR count). The highest BCUT2D eigenvalue weighted by molar-refractivity contribution is 6.35. The van der Waals surface area contributed by atoms with E-state index in [4.69, 9.17) is 11.6 Å². The number of pyridine rings is 2. The average molecular weight is 547 g/mol. The normalized spacial score (nSPS) is 15.1. The molecule has 39 heavy (non-hydrogen) atoms. The van der Waals surface area contributed by atoms with E-state index in [2.05, 4.69) is 64.7 Å². The van der Waals surface area contributed by atoms with Crippen LogP contribution in [0.3, 0.4) is 0 Å². The SMILES string of the molecule is CCC1(n2cc([C@@H](Nc3cc(Cl)c4ncc(C#N)c(NCC(C)(C)C)c4c3)c3ccc(F)nc3C)nn2)CC1. The second kappa shape index (κ2) is 10.1. The predicted octanol–water partition coefficient (Wildman–Crippen LogP) is 6.75. The molecule has 1 atom stereocenters. The largest absolute Gasteiger partial charge is 0.383 e. The molecule has 0 bridgehead atoms. The van der Waals surface area contributed by atoms with Crippen LogP contribution in [0.5, 0.6) is 0 Å². The molecular weight excluding hydrogens is 515 g/mol. The predicted molar refractivity (Wildman–Crippen MR) is 151 cm³/mol. The van der Waals surface area contributed by atoms with E-state index >= 15 is 0 Å². The van der Waals surface area contributed by atoms with E-state index in [0.717, 1.165) is 30.2 Å². The lowest BCUT2D eigenvalue weighted by molar-refractivity contribution is 0.407. The summed E-state index contributed by atoms with van der Waals surface area (Å²) in [5, 5.41) is 26.9. The number of nitriles is 1. The first kappa shape index (κ1) is 26.8. The molecule has 1 aromatic carbocycles. The molecule has 8 nitrogen and oxygen atoms in total. The van der Waals surface area contributed by atoms with Crippen LogP contribution in [0.4, 0.5) is 15.8 Å². The number of benzene rings is 1. The van der Waals surface area contributed by atoms with Crippen molar-refractivity contribution in [3.63, 3.8) is 0 Å². The molecule has 1 aliphatic carbocycles. The fourth-order valence-corrected chi connectivity index (χ4v) is 5.09. The van der Waals surface area contributed by atoms with E-state index in [1.54, 1.807) is 25.3 Å². The van der Waals surface area contributed by atoms with Crippen molar-refractivity contribution in [1.82, 2.24) is 25.0 Å². The van der Waals surface area contributed by atoms with E-state index in [1.807, 2.05) is 16.9 Å². The highest BCUT2D eigenvalue weighted by Gasteiger charge is 2.44. The Labute approximate surface area is 232 Å². The molecule has 10 heteroatoms. The maximum Gasteiger partial charge on any atom is 0.213 e. The average Bonchev–Trinajstić information content (AvgIpc) is 3.53. The zero-order chi connectivity index (χ0) is 27.9. The van der Waals surface area contributed by atoms with Crippen LogP contribution in [0.25, 0.3) is 10.9 Å². The topological polar surface area (TPSA) is 104 Å². The van der Waals surface area contributed by atoms with Gasteiger partial charge in [0.2, 0.25) is 5.95 Å². The van der Waals surface area contributed by atoms with Crippen molar-refractivity contribution >= 4 is 33.9 Å². The number of aromatic nitrogens is 5. The van der Waals surface area contributed by atoms with E-state index in [9.17, 15) is 9.65 Å². The van der Waals surface area contributed by atoms with Crippen molar-refractivity contribution in [2.75, 3.05) is 17.2 Å². The van der Waals surface area contributed by atoms with Crippen LogP contribution in [0.1, 0.15) is 75.5 Å². The third-order valence-corrected chi connectivity index (χ3v) is 7.62. The molecule has 0 unspecified atom stereocenters. The van der Waals surface area contributed by atoms with Crippen molar-refractivity contribution in [1.29, 1.82) is 5.26 Å². The van der Waals surface area contributed by atoms with Gasteiger partial charge in [0.1, 0.15) is 11.8 Å². The number of nitrogens with zero attached hydrogens (tertiary/aromatic N) is 6. The molecule has 1 fully saturated rings. The Morgan fingerprint density at radius 2 is 2.03 bits per heavy atom. The van der Waals surface area contributed by atoms with Crippen LogP contribution in [0, 0.1) is 29.6 Å². The molecule has 4 aromatic rings. The first-order chi connectivity index (χ1) is 18.5. The van der Waals surface area contributed by atoms with Crippen LogP contribution in [0.15, 0.2) is 36.7 Å². The molecule has 0 radical (unpaired) electrons. The van der Waals surface area contributed by atoms with E-state index in [-0.39, 0.29) is 11.0 Å². The van der Waals surface area contributed by atoms with Gasteiger partial charge in [-0.2, -0.15) is 9.65 Å². The number of nitrogens with one attached hydrogen (secondary N) is 2. The van der Waals surface area contributed by atoms with Gasteiger partial charge < -0.3 is 10.6 Å². The summed E-state index contributed by atoms with van der Waals surface area (Å²) in [6.07, 6.45) is 6.62. The van der Waals surface area contributed by atoms with E-state index in [1.165, 1.54) is 6.07 Å². The minimum absolute atomic E-state index is 0.0105. The van der Waals surface area contributed by atoms with Gasteiger partial charge in [-0.05, 0) is 49.8 Å². The van der Waals surface area contributed by atoms with Gasteiger partial charge in [0.05, 0.1) is 39.6 Å². The molecule has 202 valence electrons. The standard InChI is InChI=1S/C29H32ClFN8/c1-6-29(9-10-29)39-15-23(37-38-39)27(20-7-8-24(31)35-17(20)2)36-19-11-21-25(34-16-28(3,4)5)18(13-32)14-33-26(21)22(30)12-19/h7-8,11-12,14-15,27,36H,6,9-10,16H2,1-5H3,(H,33,34)/t27-/m0/s1. The molecule has 3 heterocycles. The van der Waals surface area contributed by atoms with Crippen molar-refractivity contribution in [2.45, 2.75) is 65.5 Å². The Balaban J connectivity index is 1.60. The minimum atomic E-state index is -0.542. The maximum atomic E-state index is 13.9. The van der Waals surface area contributed by atoms with Gasteiger partial charge in [-0.3, -0.25) is 4.98 Å².